The van der Waals surface area contributed by atoms with Crippen LogP contribution in [0.3, 0.4) is 0 Å². The maximum absolute atomic E-state index is 15.0. The van der Waals surface area contributed by atoms with Crippen LogP contribution in [-0.4, -0.2) is 75.3 Å². The summed E-state index contributed by atoms with van der Waals surface area (Å²) in [6.07, 6.45) is -3.35. The molecule has 1 aromatic heterocycles. The van der Waals surface area contributed by atoms with Crippen LogP contribution in [0.1, 0.15) is 56.5 Å². The molecule has 0 radical (unpaired) electrons. The van der Waals surface area contributed by atoms with Crippen molar-refractivity contribution in [3.63, 3.8) is 0 Å². The second-order valence-electron chi connectivity index (χ2n) is 13.8. The van der Waals surface area contributed by atoms with E-state index in [1.165, 1.54) is 4.90 Å². The van der Waals surface area contributed by atoms with E-state index in [9.17, 15) is 41.4 Å². The predicted molar refractivity (Wildman–Crippen MR) is 196 cm³/mol. The van der Waals surface area contributed by atoms with Gasteiger partial charge in [0.05, 0.1) is 18.5 Å². The number of carbonyl (C=O) groups is 4. The number of carboxylic acid groups (broad SMARTS) is 1. The fourth-order valence-corrected chi connectivity index (χ4v) is 5.74. The lowest BCUT2D eigenvalue weighted by Crippen LogP contribution is -2.47. The number of benzene rings is 3. The molecule has 0 saturated heterocycles. The maximum Gasteiger partial charge on any atom is 0.490 e. The lowest BCUT2D eigenvalue weighted by Gasteiger charge is -2.41. The SMILES string of the molecule is CC(C)(C)C(c1cc(-c2cc(F)ccc2F)cn1Cc1ccccc1)N(CCC(N)C(=O)NCCC(=O)OCc1ccccc1)C(=O)CO.O=C(O)C(F)(F)F. The number of nitrogens with two attached hydrogens (primary N) is 1. The molecule has 11 nitrogen and oxygen atoms in total. The summed E-state index contributed by atoms with van der Waals surface area (Å²) in [5.74, 6) is -5.50. The van der Waals surface area contributed by atoms with Crippen LogP contribution in [-0.2, 0) is 37.1 Å². The summed E-state index contributed by atoms with van der Waals surface area (Å²) in [5.41, 5.74) is 8.53. The second kappa shape index (κ2) is 20.3. The fourth-order valence-electron chi connectivity index (χ4n) is 5.74. The van der Waals surface area contributed by atoms with Gasteiger partial charge in [-0.05, 0) is 47.2 Å². The first kappa shape index (κ1) is 44.8. The van der Waals surface area contributed by atoms with Crippen LogP contribution in [0.15, 0.2) is 91.1 Å². The van der Waals surface area contributed by atoms with E-state index in [1.807, 2.05) is 86.0 Å². The van der Waals surface area contributed by atoms with Crippen molar-refractivity contribution in [2.75, 3.05) is 19.7 Å². The molecule has 0 fully saturated rings. The number of halogens is 5. The molecule has 3 aromatic carbocycles. The number of ether oxygens (including phenoxy) is 1. The summed E-state index contributed by atoms with van der Waals surface area (Å²) in [6, 6.07) is 22.1. The Labute approximate surface area is 320 Å². The normalized spacial score (nSPS) is 12.5. The quantitative estimate of drug-likeness (QED) is 0.0844. The molecule has 56 heavy (non-hydrogen) atoms. The number of aliphatic hydroxyl groups excluding tert-OH is 1. The van der Waals surface area contributed by atoms with Crippen molar-refractivity contribution in [1.82, 2.24) is 14.8 Å². The van der Waals surface area contributed by atoms with Gasteiger partial charge in [-0.25, -0.2) is 13.6 Å². The van der Waals surface area contributed by atoms with Gasteiger partial charge in [0, 0.05) is 42.7 Å². The van der Waals surface area contributed by atoms with Gasteiger partial charge in [-0.3, -0.25) is 14.4 Å². The molecule has 4 rings (SSSR count). The second-order valence-corrected chi connectivity index (χ2v) is 13.8. The highest BCUT2D eigenvalue weighted by Crippen LogP contribution is 2.41. The third-order valence-electron chi connectivity index (χ3n) is 8.36. The lowest BCUT2D eigenvalue weighted by atomic mass is 9.82. The molecule has 4 aromatic rings. The maximum atomic E-state index is 15.0. The Morgan fingerprint density at radius 1 is 0.911 bits per heavy atom. The topological polar surface area (TPSA) is 164 Å². The van der Waals surface area contributed by atoms with Crippen LogP contribution in [0.5, 0.6) is 0 Å². The molecule has 0 aliphatic heterocycles. The van der Waals surface area contributed by atoms with E-state index in [0.717, 1.165) is 29.3 Å². The van der Waals surface area contributed by atoms with E-state index in [1.54, 1.807) is 12.3 Å². The number of hydrogen-bond donors (Lipinski definition) is 4. The highest BCUT2D eigenvalue weighted by Gasteiger charge is 2.39. The van der Waals surface area contributed by atoms with E-state index >= 15 is 0 Å². The number of aromatic nitrogens is 1. The van der Waals surface area contributed by atoms with Gasteiger partial charge < -0.3 is 35.5 Å². The van der Waals surface area contributed by atoms with Gasteiger partial charge >= 0.3 is 18.1 Å². The minimum atomic E-state index is -5.08. The number of amides is 2. The number of carboxylic acids is 1. The third-order valence-corrected chi connectivity index (χ3v) is 8.36. The summed E-state index contributed by atoms with van der Waals surface area (Å²) in [7, 11) is 0. The standard InChI is InChI=1S/C38H44F2N4O5.C2HF3O2/c1-38(2,3)36(33-20-28(30-21-29(39)14-15-31(30)40)23-43(33)22-26-10-6-4-7-11-26)44(34(46)24-45)19-17-32(41)37(48)42-18-16-35(47)49-25-27-12-8-5-9-13-27;3-2(4,5)1(6)7/h4-15,20-21,23,32,36,45H,16-19,22,24-25,41H2,1-3H3,(H,42,48);(H,6,7). The molecule has 2 atom stereocenters. The summed E-state index contributed by atoms with van der Waals surface area (Å²) in [4.78, 5) is 48.8. The van der Waals surface area contributed by atoms with Gasteiger partial charge in [0.2, 0.25) is 11.8 Å². The van der Waals surface area contributed by atoms with Crippen LogP contribution >= 0.6 is 0 Å². The highest BCUT2D eigenvalue weighted by atomic mass is 19.4. The molecule has 5 N–H and O–H groups in total. The van der Waals surface area contributed by atoms with Crippen molar-refractivity contribution in [2.24, 2.45) is 11.1 Å². The summed E-state index contributed by atoms with van der Waals surface area (Å²) < 4.78 is 68.1. The number of aliphatic hydroxyl groups is 1. The summed E-state index contributed by atoms with van der Waals surface area (Å²) in [6.45, 7) is 5.54. The number of carbonyl (C=O) groups excluding carboxylic acids is 3. The van der Waals surface area contributed by atoms with Gasteiger partial charge in [0.1, 0.15) is 24.8 Å². The molecule has 0 saturated carbocycles. The minimum absolute atomic E-state index is 0.00914. The first-order valence-corrected chi connectivity index (χ1v) is 17.4. The average molecular weight is 789 g/mol. The van der Waals surface area contributed by atoms with Gasteiger partial charge in [0.15, 0.2) is 0 Å². The molecule has 0 aliphatic rings. The number of alkyl halides is 3. The Morgan fingerprint density at radius 3 is 2.05 bits per heavy atom. The Morgan fingerprint density at radius 2 is 1.50 bits per heavy atom. The van der Waals surface area contributed by atoms with Crippen LogP contribution < -0.4 is 11.1 Å². The number of hydrogen-bond acceptors (Lipinski definition) is 7. The number of esters is 1. The van der Waals surface area contributed by atoms with Crippen LogP contribution in [0, 0.1) is 17.0 Å². The zero-order valence-corrected chi connectivity index (χ0v) is 31.1. The Kier molecular flexibility index (Phi) is 16.3. The highest BCUT2D eigenvalue weighted by molar-refractivity contribution is 5.82. The first-order valence-electron chi connectivity index (χ1n) is 17.4. The molecule has 0 aliphatic carbocycles. The van der Waals surface area contributed by atoms with Crippen molar-refractivity contribution < 1.29 is 56.1 Å². The Hall–Kier alpha value is -5.61. The molecule has 2 amide bonds. The van der Waals surface area contributed by atoms with Crippen LogP contribution in [0.4, 0.5) is 22.0 Å². The van der Waals surface area contributed by atoms with Gasteiger partial charge in [-0.1, -0.05) is 81.4 Å². The summed E-state index contributed by atoms with van der Waals surface area (Å²) >= 11 is 0. The predicted octanol–water partition coefficient (Wildman–Crippen LogP) is 5.99. The minimum Gasteiger partial charge on any atom is -0.475 e. The van der Waals surface area contributed by atoms with Gasteiger partial charge in [0.25, 0.3) is 0 Å². The molecule has 302 valence electrons. The summed E-state index contributed by atoms with van der Waals surface area (Å²) in [5, 5.41) is 19.8. The number of nitrogens with one attached hydrogen (secondary N) is 1. The van der Waals surface area contributed by atoms with Crippen molar-refractivity contribution in [3.05, 3.63) is 120 Å². The molecular weight excluding hydrogens is 743 g/mol. The van der Waals surface area contributed by atoms with E-state index in [-0.39, 0.29) is 38.1 Å². The van der Waals surface area contributed by atoms with Crippen LogP contribution in [0.2, 0.25) is 0 Å². The third kappa shape index (κ3) is 13.6. The van der Waals surface area contributed by atoms with Gasteiger partial charge in [-0.2, -0.15) is 13.2 Å². The monoisotopic (exact) mass is 788 g/mol. The van der Waals surface area contributed by atoms with E-state index in [0.29, 0.717) is 17.8 Å². The lowest BCUT2D eigenvalue weighted by molar-refractivity contribution is -0.192. The van der Waals surface area contributed by atoms with Crippen molar-refractivity contribution in [3.8, 4) is 11.1 Å². The fraction of sp³-hybridized carbons (Fsp3) is 0.350. The Balaban J connectivity index is 0.00000109. The molecule has 16 heteroatoms. The van der Waals surface area contributed by atoms with E-state index < -0.39 is 65.7 Å². The number of rotatable bonds is 15. The first-order chi connectivity index (χ1) is 26.3. The largest absolute Gasteiger partial charge is 0.490 e. The number of aliphatic carboxylic acids is 1. The molecule has 1 heterocycles. The molecular formula is C40H45F5N4O7. The number of nitrogens with zero attached hydrogens (tertiary/aromatic N) is 2. The smallest absolute Gasteiger partial charge is 0.475 e. The van der Waals surface area contributed by atoms with E-state index in [2.05, 4.69) is 5.32 Å². The molecule has 0 bridgehead atoms. The zero-order chi connectivity index (χ0) is 41.6. The average Bonchev–Trinajstić information content (AvgIpc) is 3.55. The van der Waals surface area contributed by atoms with Crippen molar-refractivity contribution >= 4 is 23.8 Å². The zero-order valence-electron chi connectivity index (χ0n) is 31.1. The van der Waals surface area contributed by atoms with Gasteiger partial charge in [-0.15, -0.1) is 0 Å². The van der Waals surface area contributed by atoms with E-state index in [4.69, 9.17) is 20.4 Å². The Bertz CT molecular complexity index is 1920. The van der Waals surface area contributed by atoms with Crippen LogP contribution in [0.25, 0.3) is 11.1 Å². The molecule has 0 spiro atoms. The molecule has 2 unspecified atom stereocenters. The van der Waals surface area contributed by atoms with Crippen molar-refractivity contribution in [2.45, 2.75) is 65.0 Å². The van der Waals surface area contributed by atoms with Crippen molar-refractivity contribution in [1.29, 1.82) is 0 Å².